The Bertz CT molecular complexity index is 875. The summed E-state index contributed by atoms with van der Waals surface area (Å²) in [6, 6.07) is -5.08. The number of aliphatic carboxylic acids is 1. The van der Waals surface area contributed by atoms with E-state index in [4.69, 9.17) is 11.5 Å². The van der Waals surface area contributed by atoms with E-state index >= 15 is 0 Å². The van der Waals surface area contributed by atoms with Gasteiger partial charge in [0.1, 0.15) is 24.2 Å². The summed E-state index contributed by atoms with van der Waals surface area (Å²) < 4.78 is 0. The number of carbonyl (C=O) groups excluding carboxylic acids is 4. The van der Waals surface area contributed by atoms with Crippen LogP contribution in [0.3, 0.4) is 0 Å². The molecular weight excluding hydrogens is 462 g/mol. The van der Waals surface area contributed by atoms with Crippen LogP contribution < -0.4 is 27.4 Å². The third-order valence-corrected chi connectivity index (χ3v) is 5.52. The van der Waals surface area contributed by atoms with Gasteiger partial charge in [0.2, 0.25) is 23.6 Å². The Morgan fingerprint density at radius 1 is 1.06 bits per heavy atom. The van der Waals surface area contributed by atoms with Gasteiger partial charge >= 0.3 is 5.97 Å². The minimum absolute atomic E-state index is 0.0567. The molecule has 10 N–H and O–H groups in total. The van der Waals surface area contributed by atoms with E-state index in [0.29, 0.717) is 12.1 Å². The van der Waals surface area contributed by atoms with Crippen LogP contribution in [0.15, 0.2) is 12.5 Å². The quantitative estimate of drug-likeness (QED) is 0.128. The van der Waals surface area contributed by atoms with Crippen molar-refractivity contribution in [1.29, 1.82) is 0 Å². The Hall–Kier alpha value is -3.52. The van der Waals surface area contributed by atoms with Crippen molar-refractivity contribution in [1.82, 2.24) is 25.9 Å². The van der Waals surface area contributed by atoms with E-state index in [2.05, 4.69) is 25.9 Å². The van der Waals surface area contributed by atoms with E-state index < -0.39 is 65.8 Å². The van der Waals surface area contributed by atoms with Crippen LogP contribution in [0, 0.1) is 5.92 Å². The molecule has 0 bridgehead atoms. The molecule has 0 fully saturated rings. The molecule has 0 saturated heterocycles. The normalized spacial score (nSPS) is 16.1. The number of imidazole rings is 1. The average Bonchev–Trinajstić information content (AvgIpc) is 3.30. The summed E-state index contributed by atoms with van der Waals surface area (Å²) >= 11 is 0. The smallest absolute Gasteiger partial charge is 0.326 e. The molecule has 14 heteroatoms. The molecule has 1 aromatic rings. The van der Waals surface area contributed by atoms with Crippen LogP contribution in [0.2, 0.25) is 0 Å². The SMILES string of the molecule is CCC(C)C(NC(=O)C(CCC(N)=O)NC(=O)C(Cc1cnc[nH]1)NC(=O)C(N)C(C)O)C(=O)O. The van der Waals surface area contributed by atoms with Gasteiger partial charge in [0, 0.05) is 24.7 Å². The number of nitrogens with zero attached hydrogens (tertiary/aromatic N) is 1. The fourth-order valence-corrected chi connectivity index (χ4v) is 3.08. The third-order valence-electron chi connectivity index (χ3n) is 5.52. The number of carboxylic acid groups (broad SMARTS) is 1. The summed E-state index contributed by atoms with van der Waals surface area (Å²) in [4.78, 5) is 67.9. The third kappa shape index (κ3) is 9.70. The largest absolute Gasteiger partial charge is 0.480 e. The molecule has 6 unspecified atom stereocenters. The highest BCUT2D eigenvalue weighted by Crippen LogP contribution is 2.10. The first kappa shape index (κ1) is 29.5. The van der Waals surface area contributed by atoms with Gasteiger partial charge in [-0.3, -0.25) is 19.2 Å². The number of carboxylic acids is 1. The lowest BCUT2D eigenvalue weighted by Crippen LogP contribution is -2.59. The Balaban J connectivity index is 3.11. The Morgan fingerprint density at radius 3 is 2.14 bits per heavy atom. The van der Waals surface area contributed by atoms with E-state index in [-0.39, 0.29) is 19.3 Å². The molecule has 1 heterocycles. The molecule has 1 rings (SSSR count). The van der Waals surface area contributed by atoms with E-state index in [1.165, 1.54) is 19.4 Å². The molecule has 0 saturated carbocycles. The number of hydrogen-bond acceptors (Lipinski definition) is 8. The molecule has 35 heavy (non-hydrogen) atoms. The number of amides is 4. The average molecular weight is 498 g/mol. The Labute approximate surface area is 202 Å². The van der Waals surface area contributed by atoms with Crippen molar-refractivity contribution in [3.63, 3.8) is 0 Å². The molecule has 0 spiro atoms. The summed E-state index contributed by atoms with van der Waals surface area (Å²) in [5.41, 5.74) is 11.3. The predicted molar refractivity (Wildman–Crippen MR) is 123 cm³/mol. The minimum Gasteiger partial charge on any atom is -0.480 e. The molecule has 0 aromatic carbocycles. The predicted octanol–water partition coefficient (Wildman–Crippen LogP) is -2.49. The first-order valence-electron chi connectivity index (χ1n) is 11.2. The molecule has 0 aliphatic carbocycles. The lowest BCUT2D eigenvalue weighted by atomic mass is 9.98. The van der Waals surface area contributed by atoms with Crippen LogP contribution in [0.25, 0.3) is 0 Å². The van der Waals surface area contributed by atoms with Gasteiger partial charge in [0.25, 0.3) is 0 Å². The van der Waals surface area contributed by atoms with Crippen molar-refractivity contribution in [2.45, 2.75) is 76.7 Å². The zero-order chi connectivity index (χ0) is 26.7. The maximum atomic E-state index is 13.1. The molecule has 14 nitrogen and oxygen atoms in total. The van der Waals surface area contributed by atoms with Crippen LogP contribution in [0.4, 0.5) is 0 Å². The van der Waals surface area contributed by atoms with Crippen molar-refractivity contribution in [3.05, 3.63) is 18.2 Å². The van der Waals surface area contributed by atoms with Gasteiger partial charge in [-0.05, 0) is 19.3 Å². The van der Waals surface area contributed by atoms with Gasteiger partial charge in [-0.1, -0.05) is 20.3 Å². The second-order valence-electron chi connectivity index (χ2n) is 8.38. The number of aromatic amines is 1. The number of carbonyl (C=O) groups is 5. The van der Waals surface area contributed by atoms with Crippen molar-refractivity contribution < 1.29 is 34.2 Å². The number of aromatic nitrogens is 2. The number of rotatable bonds is 15. The molecule has 6 atom stereocenters. The Morgan fingerprint density at radius 2 is 1.66 bits per heavy atom. The number of nitrogens with two attached hydrogens (primary N) is 2. The van der Waals surface area contributed by atoms with Gasteiger partial charge in [-0.15, -0.1) is 0 Å². The van der Waals surface area contributed by atoms with Crippen LogP contribution >= 0.6 is 0 Å². The van der Waals surface area contributed by atoms with Crippen molar-refractivity contribution in [2.75, 3.05) is 0 Å². The summed E-state index contributed by atoms with van der Waals surface area (Å²) in [5, 5.41) is 26.3. The highest BCUT2D eigenvalue weighted by molar-refractivity contribution is 5.94. The first-order chi connectivity index (χ1) is 16.4. The number of H-pyrrole nitrogens is 1. The van der Waals surface area contributed by atoms with E-state index in [1.807, 2.05) is 0 Å². The summed E-state index contributed by atoms with van der Waals surface area (Å²) in [5.74, 6) is -4.80. The van der Waals surface area contributed by atoms with E-state index in [9.17, 15) is 34.2 Å². The lowest BCUT2D eigenvalue weighted by Gasteiger charge is -2.26. The van der Waals surface area contributed by atoms with Crippen LogP contribution in [0.5, 0.6) is 0 Å². The van der Waals surface area contributed by atoms with Gasteiger partial charge in [0.05, 0.1) is 12.4 Å². The maximum Gasteiger partial charge on any atom is 0.326 e. The lowest BCUT2D eigenvalue weighted by molar-refractivity contribution is -0.144. The molecule has 0 aliphatic rings. The topological polar surface area (TPSA) is 243 Å². The van der Waals surface area contributed by atoms with Crippen LogP contribution in [-0.2, 0) is 30.4 Å². The monoisotopic (exact) mass is 497 g/mol. The molecule has 0 aliphatic heterocycles. The van der Waals surface area contributed by atoms with Crippen LogP contribution in [0.1, 0.15) is 45.7 Å². The highest BCUT2D eigenvalue weighted by Gasteiger charge is 2.32. The number of aliphatic hydroxyl groups is 1. The summed E-state index contributed by atoms with van der Waals surface area (Å²) in [7, 11) is 0. The number of aliphatic hydroxyl groups excluding tert-OH is 1. The Kier molecular flexibility index (Phi) is 11.8. The van der Waals surface area contributed by atoms with E-state index in [0.717, 1.165) is 0 Å². The second kappa shape index (κ2) is 14.0. The zero-order valence-electron chi connectivity index (χ0n) is 20.0. The molecule has 0 radical (unpaired) electrons. The van der Waals surface area contributed by atoms with Crippen molar-refractivity contribution in [2.24, 2.45) is 17.4 Å². The van der Waals surface area contributed by atoms with Gasteiger partial charge in [0.15, 0.2) is 0 Å². The second-order valence-corrected chi connectivity index (χ2v) is 8.38. The zero-order valence-corrected chi connectivity index (χ0v) is 20.0. The minimum atomic E-state index is -1.31. The van der Waals surface area contributed by atoms with Crippen LogP contribution in [-0.4, -0.2) is 80.1 Å². The summed E-state index contributed by atoms with van der Waals surface area (Å²) in [6.07, 6.45) is 1.57. The molecular formula is C21H35N7O7. The highest BCUT2D eigenvalue weighted by atomic mass is 16.4. The van der Waals surface area contributed by atoms with Gasteiger partial charge in [-0.25, -0.2) is 9.78 Å². The molecule has 1 aromatic heterocycles. The molecule has 196 valence electrons. The van der Waals surface area contributed by atoms with Crippen molar-refractivity contribution in [3.8, 4) is 0 Å². The van der Waals surface area contributed by atoms with E-state index in [1.54, 1.807) is 13.8 Å². The fourth-order valence-electron chi connectivity index (χ4n) is 3.08. The number of nitrogens with one attached hydrogen (secondary N) is 4. The fraction of sp³-hybridized carbons (Fsp3) is 0.619. The summed E-state index contributed by atoms with van der Waals surface area (Å²) in [6.45, 7) is 4.73. The maximum absolute atomic E-state index is 13.1. The van der Waals surface area contributed by atoms with Crippen molar-refractivity contribution >= 4 is 29.6 Å². The van der Waals surface area contributed by atoms with Gasteiger partial charge < -0.3 is 42.6 Å². The molecule has 4 amide bonds. The standard InChI is InChI=1S/C21H35N7O7/c1-4-10(2)17(21(34)35)28-18(31)13(5-6-15(22)30)26-19(32)14(7-12-8-24-9-25-12)27-20(33)16(23)11(3)29/h8-11,13-14,16-17,29H,4-7,23H2,1-3H3,(H2,22,30)(H,24,25)(H,26,32)(H,27,33)(H,28,31)(H,34,35). The number of hydrogen-bond donors (Lipinski definition) is 8. The number of primary amides is 1. The first-order valence-corrected chi connectivity index (χ1v) is 11.2. The van der Waals surface area contributed by atoms with Gasteiger partial charge in [-0.2, -0.15) is 0 Å².